The van der Waals surface area contributed by atoms with Gasteiger partial charge in [0.1, 0.15) is 11.6 Å². The lowest BCUT2D eigenvalue weighted by Crippen LogP contribution is -2.21. The van der Waals surface area contributed by atoms with Crippen LogP contribution in [-0.4, -0.2) is 10.9 Å². The van der Waals surface area contributed by atoms with Crippen molar-refractivity contribution in [2.75, 3.05) is 10.6 Å². The normalized spacial score (nSPS) is 10.2. The predicted molar refractivity (Wildman–Crippen MR) is 103 cm³/mol. The summed E-state index contributed by atoms with van der Waals surface area (Å²) in [5, 5.41) is 5.64. The number of hydrogen-bond donors (Lipinski definition) is 2. The van der Waals surface area contributed by atoms with Crippen LogP contribution in [0.25, 0.3) is 0 Å². The van der Waals surface area contributed by atoms with Crippen LogP contribution in [0, 0.1) is 11.6 Å². The molecule has 2 N–H and O–H groups in total. The second kappa shape index (κ2) is 7.84. The maximum Gasteiger partial charge on any atom is 0.195 e. The fraction of sp³-hybridized carbons (Fsp3) is 0. The molecule has 6 heteroatoms. The van der Waals surface area contributed by atoms with Crippen LogP contribution in [0.4, 0.5) is 20.2 Å². The van der Waals surface area contributed by atoms with Crippen molar-refractivity contribution in [3.8, 4) is 0 Å². The Balaban J connectivity index is 1.80. The third-order valence-corrected chi connectivity index (χ3v) is 3.84. The lowest BCUT2D eigenvalue weighted by atomic mass is 10.0. The number of hydrogen-bond acceptors (Lipinski definition) is 2. The van der Waals surface area contributed by atoms with Crippen LogP contribution in [0.2, 0.25) is 0 Å². The molecule has 0 amide bonds. The molecule has 3 rings (SSSR count). The fourth-order valence-electron chi connectivity index (χ4n) is 2.40. The highest BCUT2D eigenvalue weighted by atomic mass is 32.1. The lowest BCUT2D eigenvalue weighted by Gasteiger charge is -2.14. The third-order valence-electron chi connectivity index (χ3n) is 3.64. The van der Waals surface area contributed by atoms with Gasteiger partial charge in [0, 0.05) is 17.2 Å². The minimum atomic E-state index is -0.761. The molecular weight excluding hydrogens is 354 g/mol. The first kappa shape index (κ1) is 17.7. The number of para-hydroxylation sites is 1. The van der Waals surface area contributed by atoms with Crippen molar-refractivity contribution in [2.24, 2.45) is 0 Å². The Labute approximate surface area is 154 Å². The van der Waals surface area contributed by atoms with Crippen LogP contribution < -0.4 is 10.6 Å². The Morgan fingerprint density at radius 1 is 0.808 bits per heavy atom. The summed E-state index contributed by atoms with van der Waals surface area (Å²) in [7, 11) is 0. The Kier molecular flexibility index (Phi) is 5.34. The maximum absolute atomic E-state index is 13.7. The number of nitrogens with one attached hydrogen (secondary N) is 2. The van der Waals surface area contributed by atoms with Gasteiger partial charge in [-0.15, -0.1) is 0 Å². The van der Waals surface area contributed by atoms with Crippen LogP contribution in [0.15, 0.2) is 72.8 Å². The molecule has 0 unspecified atom stereocenters. The second-order valence-electron chi connectivity index (χ2n) is 5.44. The van der Waals surface area contributed by atoms with E-state index in [1.165, 1.54) is 6.07 Å². The van der Waals surface area contributed by atoms with Crippen molar-refractivity contribution in [2.45, 2.75) is 0 Å². The second-order valence-corrected chi connectivity index (χ2v) is 5.85. The lowest BCUT2D eigenvalue weighted by molar-refractivity contribution is 0.103. The number of anilines is 2. The topological polar surface area (TPSA) is 41.1 Å². The number of benzene rings is 3. The number of carbonyl (C=O) groups excluding carboxylic acids is 1. The summed E-state index contributed by atoms with van der Waals surface area (Å²) in [5.41, 5.74) is 1.50. The van der Waals surface area contributed by atoms with Crippen molar-refractivity contribution in [1.82, 2.24) is 0 Å². The van der Waals surface area contributed by atoms with Gasteiger partial charge >= 0.3 is 0 Å². The van der Waals surface area contributed by atoms with Crippen molar-refractivity contribution in [3.05, 3.63) is 95.6 Å². The standard InChI is InChI=1S/C20H14F2N2OS/c21-14-10-11-18(16(22)12-14)24-20(26)23-17-9-5-4-8-15(17)19(25)13-6-2-1-3-7-13/h1-12H,(H2,23,24,26). The van der Waals surface area contributed by atoms with Gasteiger partial charge in [-0.25, -0.2) is 8.78 Å². The maximum atomic E-state index is 13.7. The van der Waals surface area contributed by atoms with E-state index in [9.17, 15) is 13.6 Å². The van der Waals surface area contributed by atoms with Gasteiger partial charge in [0.2, 0.25) is 0 Å². The number of ketones is 1. The number of rotatable bonds is 4. The van der Waals surface area contributed by atoms with Crippen LogP contribution in [0.3, 0.4) is 0 Å². The zero-order chi connectivity index (χ0) is 18.5. The molecule has 0 saturated heterocycles. The summed E-state index contributed by atoms with van der Waals surface area (Å²) < 4.78 is 26.7. The molecule has 0 radical (unpaired) electrons. The summed E-state index contributed by atoms with van der Waals surface area (Å²) in [5.74, 6) is -1.60. The molecule has 26 heavy (non-hydrogen) atoms. The molecule has 3 aromatic carbocycles. The predicted octanol–water partition coefficient (Wildman–Crippen LogP) is 5.00. The summed E-state index contributed by atoms with van der Waals surface area (Å²) in [6.07, 6.45) is 0. The number of carbonyl (C=O) groups is 1. The summed E-state index contributed by atoms with van der Waals surface area (Å²) in [6, 6.07) is 18.9. The molecule has 0 saturated carbocycles. The molecule has 0 heterocycles. The van der Waals surface area contributed by atoms with E-state index in [2.05, 4.69) is 10.6 Å². The summed E-state index contributed by atoms with van der Waals surface area (Å²) in [6.45, 7) is 0. The Morgan fingerprint density at radius 2 is 1.46 bits per heavy atom. The molecule has 130 valence electrons. The van der Waals surface area contributed by atoms with E-state index >= 15 is 0 Å². The monoisotopic (exact) mass is 368 g/mol. The van der Waals surface area contributed by atoms with E-state index in [0.29, 0.717) is 16.8 Å². The molecule has 0 atom stereocenters. The Bertz CT molecular complexity index is 961. The first-order chi connectivity index (χ1) is 12.5. The summed E-state index contributed by atoms with van der Waals surface area (Å²) in [4.78, 5) is 12.7. The van der Waals surface area contributed by atoms with E-state index < -0.39 is 11.6 Å². The highest BCUT2D eigenvalue weighted by Gasteiger charge is 2.14. The zero-order valence-corrected chi connectivity index (χ0v) is 14.3. The zero-order valence-electron chi connectivity index (χ0n) is 13.5. The molecule has 3 nitrogen and oxygen atoms in total. The van der Waals surface area contributed by atoms with E-state index in [1.807, 2.05) is 6.07 Å². The van der Waals surface area contributed by atoms with Crippen molar-refractivity contribution in [1.29, 1.82) is 0 Å². The van der Waals surface area contributed by atoms with Crippen LogP contribution in [-0.2, 0) is 0 Å². The molecule has 0 aromatic heterocycles. The molecule has 0 aliphatic heterocycles. The van der Waals surface area contributed by atoms with E-state index in [4.69, 9.17) is 12.2 Å². The highest BCUT2D eigenvalue weighted by molar-refractivity contribution is 7.80. The minimum Gasteiger partial charge on any atom is -0.332 e. The third kappa shape index (κ3) is 4.10. The molecule has 0 bridgehead atoms. The van der Waals surface area contributed by atoms with Crippen LogP contribution in [0.5, 0.6) is 0 Å². The summed E-state index contributed by atoms with van der Waals surface area (Å²) >= 11 is 5.18. The quantitative estimate of drug-likeness (QED) is 0.502. The van der Waals surface area contributed by atoms with Gasteiger partial charge in [-0.05, 0) is 36.5 Å². The van der Waals surface area contributed by atoms with Gasteiger partial charge in [-0.2, -0.15) is 0 Å². The first-order valence-electron chi connectivity index (χ1n) is 7.76. The number of thiocarbonyl (C=S) groups is 1. The van der Waals surface area contributed by atoms with E-state index in [1.54, 1.807) is 48.5 Å². The molecule has 0 aliphatic carbocycles. The Hall–Kier alpha value is -3.12. The van der Waals surface area contributed by atoms with E-state index in [-0.39, 0.29) is 16.6 Å². The number of halogens is 2. The fourth-order valence-corrected chi connectivity index (χ4v) is 2.62. The van der Waals surface area contributed by atoms with Crippen LogP contribution in [0.1, 0.15) is 15.9 Å². The van der Waals surface area contributed by atoms with Gasteiger partial charge in [0.25, 0.3) is 0 Å². The van der Waals surface area contributed by atoms with Gasteiger partial charge in [0.05, 0.1) is 11.4 Å². The average molecular weight is 368 g/mol. The Morgan fingerprint density at radius 3 is 2.19 bits per heavy atom. The SMILES string of the molecule is O=C(c1ccccc1)c1ccccc1NC(=S)Nc1ccc(F)cc1F. The van der Waals surface area contributed by atoms with Gasteiger partial charge < -0.3 is 10.6 Å². The molecule has 0 fully saturated rings. The van der Waals surface area contributed by atoms with Gasteiger partial charge in [-0.1, -0.05) is 42.5 Å². The van der Waals surface area contributed by atoms with Crippen LogP contribution >= 0.6 is 12.2 Å². The first-order valence-corrected chi connectivity index (χ1v) is 8.17. The molecule has 0 aliphatic rings. The average Bonchev–Trinajstić information content (AvgIpc) is 2.65. The van der Waals surface area contributed by atoms with Gasteiger partial charge in [-0.3, -0.25) is 4.79 Å². The smallest absolute Gasteiger partial charge is 0.195 e. The molecular formula is C20H14F2N2OS. The molecule has 0 spiro atoms. The minimum absolute atomic E-state index is 0.0377. The van der Waals surface area contributed by atoms with Crippen molar-refractivity contribution >= 4 is 34.5 Å². The van der Waals surface area contributed by atoms with Crippen molar-refractivity contribution < 1.29 is 13.6 Å². The largest absolute Gasteiger partial charge is 0.332 e. The van der Waals surface area contributed by atoms with E-state index in [0.717, 1.165) is 12.1 Å². The molecule has 3 aromatic rings. The van der Waals surface area contributed by atoms with Crippen molar-refractivity contribution in [3.63, 3.8) is 0 Å². The van der Waals surface area contributed by atoms with Gasteiger partial charge in [0.15, 0.2) is 10.9 Å². The highest BCUT2D eigenvalue weighted by Crippen LogP contribution is 2.20.